The third-order valence-electron chi connectivity index (χ3n) is 6.40. The Morgan fingerprint density at radius 3 is 2.50 bits per heavy atom. The zero-order valence-corrected chi connectivity index (χ0v) is 20.4. The zero-order valence-electron chi connectivity index (χ0n) is 20.4. The van der Waals surface area contributed by atoms with Crippen LogP contribution in [-0.4, -0.2) is 59.9 Å². The Hall–Kier alpha value is -3.81. The SMILES string of the molecule is Cc1ccccc1Oc1c(C(=O)N2CCNCC2)c2ccc(OCCCO)cc2n1-c1ccccc1. The van der Waals surface area contributed by atoms with E-state index in [1.165, 1.54) is 0 Å². The number of piperazine rings is 1. The van der Waals surface area contributed by atoms with Crippen molar-refractivity contribution in [3.8, 4) is 23.1 Å². The van der Waals surface area contributed by atoms with Gasteiger partial charge in [0.2, 0.25) is 5.88 Å². The van der Waals surface area contributed by atoms with Crippen LogP contribution in [0.4, 0.5) is 0 Å². The first-order valence-electron chi connectivity index (χ1n) is 12.4. The molecule has 1 amide bonds. The number of hydrogen-bond acceptors (Lipinski definition) is 5. The zero-order chi connectivity index (χ0) is 24.9. The van der Waals surface area contributed by atoms with Crippen LogP contribution >= 0.6 is 0 Å². The van der Waals surface area contributed by atoms with Gasteiger partial charge in [0.05, 0.1) is 12.1 Å². The molecule has 2 N–H and O–H groups in total. The molecule has 3 aromatic carbocycles. The van der Waals surface area contributed by atoms with E-state index in [-0.39, 0.29) is 12.5 Å². The maximum Gasteiger partial charge on any atom is 0.260 e. The molecule has 0 unspecified atom stereocenters. The molecule has 7 nitrogen and oxygen atoms in total. The smallest absolute Gasteiger partial charge is 0.260 e. The lowest BCUT2D eigenvalue weighted by Gasteiger charge is -2.27. The first kappa shape index (κ1) is 23.9. The Labute approximate surface area is 210 Å². The molecule has 0 aliphatic carbocycles. The predicted molar refractivity (Wildman–Crippen MR) is 140 cm³/mol. The molecule has 0 bridgehead atoms. The van der Waals surface area contributed by atoms with E-state index in [2.05, 4.69) is 5.32 Å². The molecule has 7 heteroatoms. The van der Waals surface area contributed by atoms with E-state index in [1.807, 2.05) is 89.2 Å². The summed E-state index contributed by atoms with van der Waals surface area (Å²) in [7, 11) is 0. The Bertz CT molecular complexity index is 1340. The normalized spacial score (nSPS) is 13.7. The van der Waals surface area contributed by atoms with E-state index in [4.69, 9.17) is 14.6 Å². The minimum atomic E-state index is -0.0475. The number of rotatable bonds is 8. The van der Waals surface area contributed by atoms with Gasteiger partial charge >= 0.3 is 0 Å². The van der Waals surface area contributed by atoms with Crippen molar-refractivity contribution in [2.45, 2.75) is 13.3 Å². The van der Waals surface area contributed by atoms with Gasteiger partial charge in [-0.2, -0.15) is 0 Å². The lowest BCUT2D eigenvalue weighted by atomic mass is 10.1. The highest BCUT2D eigenvalue weighted by atomic mass is 16.5. The summed E-state index contributed by atoms with van der Waals surface area (Å²) in [6.45, 7) is 5.29. The molecule has 4 aromatic rings. The van der Waals surface area contributed by atoms with Crippen LogP contribution in [-0.2, 0) is 0 Å². The summed E-state index contributed by atoms with van der Waals surface area (Å²) in [6.07, 6.45) is 0.548. The number of fused-ring (bicyclic) bond motifs is 1. The van der Waals surface area contributed by atoms with Crippen LogP contribution in [0.2, 0.25) is 0 Å². The quantitative estimate of drug-likeness (QED) is 0.359. The fourth-order valence-electron chi connectivity index (χ4n) is 4.53. The number of benzene rings is 3. The molecule has 1 aliphatic heterocycles. The number of aryl methyl sites for hydroxylation is 1. The summed E-state index contributed by atoms with van der Waals surface area (Å²) in [5.74, 6) is 1.82. The summed E-state index contributed by atoms with van der Waals surface area (Å²) >= 11 is 0. The molecule has 1 saturated heterocycles. The van der Waals surface area contributed by atoms with E-state index in [0.29, 0.717) is 49.1 Å². The number of para-hydroxylation sites is 2. The number of carbonyl (C=O) groups excluding carboxylic acids is 1. The van der Waals surface area contributed by atoms with Crippen LogP contribution < -0.4 is 14.8 Å². The Morgan fingerprint density at radius 1 is 1.00 bits per heavy atom. The van der Waals surface area contributed by atoms with Gasteiger partial charge in [0.25, 0.3) is 5.91 Å². The molecular formula is C29H31N3O4. The average molecular weight is 486 g/mol. The van der Waals surface area contributed by atoms with E-state index < -0.39 is 0 Å². The Morgan fingerprint density at radius 2 is 1.75 bits per heavy atom. The Balaban J connectivity index is 1.73. The number of aliphatic hydroxyl groups is 1. The number of nitrogens with one attached hydrogen (secondary N) is 1. The molecule has 1 aromatic heterocycles. The van der Waals surface area contributed by atoms with Gasteiger partial charge in [0.15, 0.2) is 0 Å². The molecule has 186 valence electrons. The number of aliphatic hydroxyl groups excluding tert-OH is 1. The van der Waals surface area contributed by atoms with Gasteiger partial charge in [-0.15, -0.1) is 0 Å². The first-order chi connectivity index (χ1) is 17.7. The second-order valence-electron chi connectivity index (χ2n) is 8.87. The Kier molecular flexibility index (Phi) is 7.21. The average Bonchev–Trinajstić information content (AvgIpc) is 3.23. The standard InChI is InChI=1S/C29H31N3O4/c1-21-8-5-6-11-26(21)36-29-27(28(34)31-16-14-30-15-17-31)24-13-12-23(35-19-7-18-33)20-25(24)32(29)22-9-3-2-4-10-22/h2-6,8-13,20,30,33H,7,14-19H2,1H3. The summed E-state index contributed by atoms with van der Waals surface area (Å²) in [6, 6.07) is 23.5. The number of nitrogens with zero attached hydrogens (tertiary/aromatic N) is 2. The first-order valence-corrected chi connectivity index (χ1v) is 12.4. The van der Waals surface area contributed by atoms with Crippen molar-refractivity contribution >= 4 is 16.8 Å². The third kappa shape index (κ3) is 4.80. The topological polar surface area (TPSA) is 76.0 Å². The minimum Gasteiger partial charge on any atom is -0.493 e. The summed E-state index contributed by atoms with van der Waals surface area (Å²) < 4.78 is 14.5. The van der Waals surface area contributed by atoms with E-state index in [1.54, 1.807) is 0 Å². The molecule has 0 radical (unpaired) electrons. The third-order valence-corrected chi connectivity index (χ3v) is 6.40. The van der Waals surface area contributed by atoms with E-state index in [9.17, 15) is 4.79 Å². The maximum absolute atomic E-state index is 14.0. The number of amides is 1. The van der Waals surface area contributed by atoms with Crippen LogP contribution in [0.5, 0.6) is 17.4 Å². The van der Waals surface area contributed by atoms with Gasteiger partial charge in [-0.3, -0.25) is 9.36 Å². The highest BCUT2D eigenvalue weighted by Crippen LogP contribution is 2.40. The van der Waals surface area contributed by atoms with E-state index >= 15 is 0 Å². The van der Waals surface area contributed by atoms with Crippen LogP contribution in [0.15, 0.2) is 72.8 Å². The lowest BCUT2D eigenvalue weighted by Crippen LogP contribution is -2.46. The minimum absolute atomic E-state index is 0.0475. The molecule has 1 aliphatic rings. The second-order valence-corrected chi connectivity index (χ2v) is 8.87. The van der Waals surface area contributed by atoms with Crippen LogP contribution in [0.1, 0.15) is 22.3 Å². The lowest BCUT2D eigenvalue weighted by molar-refractivity contribution is 0.0735. The second kappa shape index (κ2) is 10.8. The maximum atomic E-state index is 14.0. The molecule has 2 heterocycles. The molecule has 1 fully saturated rings. The van der Waals surface area contributed by atoms with Crippen molar-refractivity contribution in [2.24, 2.45) is 0 Å². The van der Waals surface area contributed by atoms with E-state index in [0.717, 1.165) is 35.2 Å². The number of aromatic nitrogens is 1. The number of ether oxygens (including phenoxy) is 2. The highest BCUT2D eigenvalue weighted by Gasteiger charge is 2.30. The van der Waals surface area contributed by atoms with Gasteiger partial charge in [0.1, 0.15) is 17.1 Å². The fraction of sp³-hybridized carbons (Fsp3) is 0.276. The van der Waals surface area contributed by atoms with Crippen LogP contribution in [0, 0.1) is 6.92 Å². The van der Waals surface area contributed by atoms with Gasteiger partial charge in [-0.25, -0.2) is 0 Å². The molecule has 0 atom stereocenters. The van der Waals surface area contributed by atoms with Crippen molar-refractivity contribution in [1.82, 2.24) is 14.8 Å². The monoisotopic (exact) mass is 485 g/mol. The van der Waals surface area contributed by atoms with Crippen molar-refractivity contribution in [3.05, 3.63) is 83.9 Å². The fourth-order valence-corrected chi connectivity index (χ4v) is 4.53. The van der Waals surface area contributed by atoms with Crippen molar-refractivity contribution in [1.29, 1.82) is 0 Å². The summed E-state index contributed by atoms with van der Waals surface area (Å²) in [5, 5.41) is 13.3. The van der Waals surface area contributed by atoms with Gasteiger partial charge in [-0.05, 0) is 42.8 Å². The summed E-state index contributed by atoms with van der Waals surface area (Å²) in [4.78, 5) is 15.9. The van der Waals surface area contributed by atoms with Crippen molar-refractivity contribution < 1.29 is 19.4 Å². The van der Waals surface area contributed by atoms with Crippen LogP contribution in [0.25, 0.3) is 16.6 Å². The van der Waals surface area contributed by atoms with Gasteiger partial charge < -0.3 is 24.8 Å². The molecule has 0 saturated carbocycles. The van der Waals surface area contributed by atoms with Crippen LogP contribution in [0.3, 0.4) is 0 Å². The van der Waals surface area contributed by atoms with Crippen molar-refractivity contribution in [3.63, 3.8) is 0 Å². The molecule has 5 rings (SSSR count). The van der Waals surface area contributed by atoms with Gasteiger partial charge in [-0.1, -0.05) is 36.4 Å². The number of hydrogen-bond donors (Lipinski definition) is 2. The summed E-state index contributed by atoms with van der Waals surface area (Å²) in [5.41, 5.74) is 3.24. The highest BCUT2D eigenvalue weighted by molar-refractivity contribution is 6.10. The van der Waals surface area contributed by atoms with Crippen molar-refractivity contribution in [2.75, 3.05) is 39.4 Å². The molecular weight excluding hydrogens is 454 g/mol. The van der Waals surface area contributed by atoms with Gasteiger partial charge in [0, 0.05) is 56.3 Å². The molecule has 0 spiro atoms. The molecule has 36 heavy (non-hydrogen) atoms. The predicted octanol–water partition coefficient (Wildman–Crippen LogP) is 4.54. The largest absolute Gasteiger partial charge is 0.493 e. The number of carbonyl (C=O) groups is 1.